The number of rotatable bonds is 2. The number of carboxylic acids is 1. The molecule has 1 aliphatic heterocycles. The Morgan fingerprint density at radius 1 is 1.73 bits per heavy atom. The molecule has 1 aromatic rings. The molecule has 0 aromatic carbocycles. The normalized spacial score (nSPS) is 22.9. The zero-order valence-corrected chi connectivity index (χ0v) is 8.64. The number of likely N-dealkylation sites (N-methyl/N-ethyl adjacent to an activating group) is 1. The Labute approximate surface area is 87.7 Å². The van der Waals surface area contributed by atoms with Crippen molar-refractivity contribution in [1.82, 2.24) is 10.1 Å². The number of hydrogen-bond donors (Lipinski definition) is 1. The van der Waals surface area contributed by atoms with Gasteiger partial charge in [0.25, 0.3) is 0 Å². The second-order valence-corrected chi connectivity index (χ2v) is 4.01. The molecule has 1 N–H and O–H groups in total. The van der Waals surface area contributed by atoms with Crippen molar-refractivity contribution in [3.05, 3.63) is 17.5 Å². The number of carboxylic acid groups (broad SMARTS) is 1. The third-order valence-electron chi connectivity index (χ3n) is 2.82. The van der Waals surface area contributed by atoms with Crippen LogP contribution in [0.3, 0.4) is 0 Å². The lowest BCUT2D eigenvalue weighted by Crippen LogP contribution is -2.31. The highest BCUT2D eigenvalue weighted by atomic mass is 16.5. The molecule has 1 atom stereocenters. The average Bonchev–Trinajstić information content (AvgIpc) is 2.65. The van der Waals surface area contributed by atoms with Crippen LogP contribution in [0.5, 0.6) is 0 Å². The lowest BCUT2D eigenvalue weighted by Gasteiger charge is -2.28. The second-order valence-electron chi connectivity index (χ2n) is 4.01. The van der Waals surface area contributed by atoms with Gasteiger partial charge in [0.2, 0.25) is 0 Å². The summed E-state index contributed by atoms with van der Waals surface area (Å²) in [7, 11) is 2.03. The number of aromatic carboxylic acids is 1. The van der Waals surface area contributed by atoms with Crippen molar-refractivity contribution in [3.63, 3.8) is 0 Å². The van der Waals surface area contributed by atoms with Crippen LogP contribution in [-0.2, 0) is 0 Å². The average molecular weight is 210 g/mol. The van der Waals surface area contributed by atoms with Crippen molar-refractivity contribution in [1.29, 1.82) is 0 Å². The molecule has 5 heteroatoms. The molecule has 82 valence electrons. The van der Waals surface area contributed by atoms with Gasteiger partial charge >= 0.3 is 5.97 Å². The molecule has 0 amide bonds. The Morgan fingerprint density at radius 2 is 2.53 bits per heavy atom. The van der Waals surface area contributed by atoms with Crippen LogP contribution in [0.1, 0.15) is 34.9 Å². The Kier molecular flexibility index (Phi) is 2.73. The molecule has 0 aliphatic carbocycles. The highest BCUT2D eigenvalue weighted by Crippen LogP contribution is 2.28. The van der Waals surface area contributed by atoms with Gasteiger partial charge < -0.3 is 14.5 Å². The van der Waals surface area contributed by atoms with E-state index < -0.39 is 5.97 Å². The molecule has 0 spiro atoms. The molecule has 0 bridgehead atoms. The van der Waals surface area contributed by atoms with E-state index in [-0.39, 0.29) is 11.5 Å². The zero-order chi connectivity index (χ0) is 10.8. The minimum atomic E-state index is -0.959. The molecule has 0 radical (unpaired) electrons. The van der Waals surface area contributed by atoms with Crippen LogP contribution < -0.4 is 0 Å². The van der Waals surface area contributed by atoms with E-state index in [9.17, 15) is 4.79 Å². The largest absolute Gasteiger partial charge is 0.478 e. The van der Waals surface area contributed by atoms with Gasteiger partial charge in [-0.2, -0.15) is 0 Å². The first-order valence-corrected chi connectivity index (χ1v) is 5.05. The van der Waals surface area contributed by atoms with Crippen LogP contribution in [0.15, 0.2) is 10.7 Å². The fourth-order valence-electron chi connectivity index (χ4n) is 2.08. The van der Waals surface area contributed by atoms with Crippen molar-refractivity contribution in [2.75, 3.05) is 20.1 Å². The van der Waals surface area contributed by atoms with Gasteiger partial charge in [0.15, 0.2) is 5.76 Å². The minimum absolute atomic E-state index is 0.164. The Balaban J connectivity index is 2.21. The van der Waals surface area contributed by atoms with Gasteiger partial charge in [0.05, 0.1) is 6.20 Å². The van der Waals surface area contributed by atoms with Gasteiger partial charge in [-0.3, -0.25) is 0 Å². The highest BCUT2D eigenvalue weighted by Gasteiger charge is 2.27. The lowest BCUT2D eigenvalue weighted by molar-refractivity contribution is 0.0692. The molecule has 1 aliphatic rings. The van der Waals surface area contributed by atoms with Crippen molar-refractivity contribution < 1.29 is 14.4 Å². The van der Waals surface area contributed by atoms with Crippen LogP contribution in [0.4, 0.5) is 0 Å². The van der Waals surface area contributed by atoms with Crippen LogP contribution in [0, 0.1) is 0 Å². The lowest BCUT2D eigenvalue weighted by atomic mass is 9.94. The predicted molar refractivity (Wildman–Crippen MR) is 52.9 cm³/mol. The summed E-state index contributed by atoms with van der Waals surface area (Å²) in [5, 5.41) is 12.5. The van der Waals surface area contributed by atoms with Gasteiger partial charge in [0.1, 0.15) is 5.56 Å². The topological polar surface area (TPSA) is 66.6 Å². The SMILES string of the molecule is CN1CCCC(c2oncc2C(=O)O)C1. The standard InChI is InChI=1S/C10H14N2O3/c1-12-4-2-3-7(6-12)9-8(10(13)14)5-11-15-9/h5,7H,2-4,6H2,1H3,(H,13,14). The molecule has 15 heavy (non-hydrogen) atoms. The molecular formula is C10H14N2O3. The van der Waals surface area contributed by atoms with Gasteiger partial charge in [-0.15, -0.1) is 0 Å². The minimum Gasteiger partial charge on any atom is -0.478 e. The van der Waals surface area contributed by atoms with Gasteiger partial charge in [-0.1, -0.05) is 5.16 Å². The summed E-state index contributed by atoms with van der Waals surface area (Å²) in [5.74, 6) is -0.272. The van der Waals surface area contributed by atoms with Crippen molar-refractivity contribution in [2.24, 2.45) is 0 Å². The molecule has 2 rings (SSSR count). The van der Waals surface area contributed by atoms with E-state index >= 15 is 0 Å². The summed E-state index contributed by atoms with van der Waals surface area (Å²) in [4.78, 5) is 13.1. The van der Waals surface area contributed by atoms with Crippen molar-refractivity contribution in [2.45, 2.75) is 18.8 Å². The molecule has 1 fully saturated rings. The van der Waals surface area contributed by atoms with Crippen LogP contribution in [-0.4, -0.2) is 41.3 Å². The summed E-state index contributed by atoms with van der Waals surface area (Å²) < 4.78 is 5.06. The molecular weight excluding hydrogens is 196 g/mol. The summed E-state index contributed by atoms with van der Waals surface area (Å²) in [6, 6.07) is 0. The van der Waals surface area contributed by atoms with E-state index in [2.05, 4.69) is 10.1 Å². The maximum Gasteiger partial charge on any atom is 0.340 e. The number of carbonyl (C=O) groups is 1. The first-order valence-electron chi connectivity index (χ1n) is 5.05. The van der Waals surface area contributed by atoms with Crippen LogP contribution >= 0.6 is 0 Å². The maximum absolute atomic E-state index is 10.9. The fourth-order valence-corrected chi connectivity index (χ4v) is 2.08. The van der Waals surface area contributed by atoms with Gasteiger partial charge in [-0.05, 0) is 26.4 Å². The monoisotopic (exact) mass is 210 g/mol. The van der Waals surface area contributed by atoms with Gasteiger partial charge in [-0.25, -0.2) is 4.79 Å². The maximum atomic E-state index is 10.9. The van der Waals surface area contributed by atoms with E-state index in [0.29, 0.717) is 5.76 Å². The predicted octanol–water partition coefficient (Wildman–Crippen LogP) is 1.18. The van der Waals surface area contributed by atoms with Crippen LogP contribution in [0.2, 0.25) is 0 Å². The van der Waals surface area contributed by atoms with Gasteiger partial charge in [0, 0.05) is 12.5 Å². The zero-order valence-electron chi connectivity index (χ0n) is 8.64. The van der Waals surface area contributed by atoms with Crippen LogP contribution in [0.25, 0.3) is 0 Å². The number of nitrogens with zero attached hydrogens (tertiary/aromatic N) is 2. The smallest absolute Gasteiger partial charge is 0.340 e. The third-order valence-corrected chi connectivity index (χ3v) is 2.82. The number of hydrogen-bond acceptors (Lipinski definition) is 4. The molecule has 1 saturated heterocycles. The Hall–Kier alpha value is -1.36. The van der Waals surface area contributed by atoms with E-state index in [4.69, 9.17) is 9.63 Å². The summed E-state index contributed by atoms with van der Waals surface area (Å²) >= 11 is 0. The van der Waals surface area contributed by atoms with Crippen molar-refractivity contribution >= 4 is 5.97 Å². The van der Waals surface area contributed by atoms with E-state index in [1.165, 1.54) is 6.20 Å². The molecule has 2 heterocycles. The second kappa shape index (κ2) is 4.02. The molecule has 1 unspecified atom stereocenters. The fraction of sp³-hybridized carbons (Fsp3) is 0.600. The molecule has 5 nitrogen and oxygen atoms in total. The third kappa shape index (κ3) is 2.02. The summed E-state index contributed by atoms with van der Waals surface area (Å²) in [6.07, 6.45) is 3.33. The number of aromatic nitrogens is 1. The van der Waals surface area contributed by atoms with E-state index in [1.807, 2.05) is 7.05 Å². The first-order chi connectivity index (χ1) is 7.18. The Morgan fingerprint density at radius 3 is 3.20 bits per heavy atom. The number of piperidine rings is 1. The van der Waals surface area contributed by atoms with E-state index in [0.717, 1.165) is 25.9 Å². The highest BCUT2D eigenvalue weighted by molar-refractivity contribution is 5.88. The first kappa shape index (κ1) is 10.2. The molecule has 0 saturated carbocycles. The Bertz CT molecular complexity index is 361. The van der Waals surface area contributed by atoms with E-state index in [1.54, 1.807) is 0 Å². The number of likely N-dealkylation sites (tertiary alicyclic amines) is 1. The summed E-state index contributed by atoms with van der Waals surface area (Å²) in [6.45, 7) is 1.91. The van der Waals surface area contributed by atoms with Crippen molar-refractivity contribution in [3.8, 4) is 0 Å². The summed E-state index contributed by atoms with van der Waals surface area (Å²) in [5.41, 5.74) is 0.204. The molecule has 1 aromatic heterocycles. The quantitative estimate of drug-likeness (QED) is 0.794.